The van der Waals surface area contributed by atoms with Crippen molar-refractivity contribution in [3.8, 4) is 6.07 Å². The molecule has 0 radical (unpaired) electrons. The van der Waals surface area contributed by atoms with E-state index in [1.54, 1.807) is 24.3 Å². The lowest BCUT2D eigenvalue weighted by Gasteiger charge is -2.28. The molecule has 1 atom stereocenters. The van der Waals surface area contributed by atoms with Crippen molar-refractivity contribution in [3.63, 3.8) is 0 Å². The monoisotopic (exact) mass is 244 g/mol. The van der Waals surface area contributed by atoms with E-state index in [9.17, 15) is 9.90 Å². The molecule has 0 heterocycles. The van der Waals surface area contributed by atoms with Gasteiger partial charge >= 0.3 is 0 Å². The molecule has 1 aromatic carbocycles. The summed E-state index contributed by atoms with van der Waals surface area (Å²) in [6.07, 6.45) is 2.07. The van der Waals surface area contributed by atoms with Gasteiger partial charge in [-0.3, -0.25) is 4.79 Å². The van der Waals surface area contributed by atoms with Gasteiger partial charge in [0.15, 0.2) is 0 Å². The Morgan fingerprint density at radius 1 is 1.61 bits per heavy atom. The summed E-state index contributed by atoms with van der Waals surface area (Å²) in [5.74, 6) is 0.112. The number of carbonyl (C=O) groups is 1. The number of rotatable bonds is 4. The summed E-state index contributed by atoms with van der Waals surface area (Å²) < 4.78 is 0. The molecule has 1 aliphatic rings. The average molecular weight is 244 g/mol. The second-order valence-electron chi connectivity index (χ2n) is 5.00. The number of aliphatic hydroxyl groups excluding tert-OH is 1. The number of amides is 1. The number of nitrogens with zero attached hydrogens (tertiary/aromatic N) is 1. The second kappa shape index (κ2) is 4.79. The minimum Gasteiger partial charge on any atom is -0.394 e. The molecule has 2 rings (SSSR count). The highest BCUT2D eigenvalue weighted by molar-refractivity contribution is 5.95. The molecule has 0 saturated heterocycles. The maximum atomic E-state index is 12.1. The van der Waals surface area contributed by atoms with Crippen LogP contribution < -0.4 is 5.32 Å². The third-order valence-electron chi connectivity index (χ3n) is 3.46. The number of hydrogen-bond acceptors (Lipinski definition) is 3. The molecule has 0 aromatic heterocycles. The number of carbonyl (C=O) groups excluding carboxylic acids is 1. The molecule has 0 bridgehead atoms. The Bertz CT molecular complexity index is 503. The fraction of sp³-hybridized carbons (Fsp3) is 0.429. The molecule has 1 aromatic rings. The summed E-state index contributed by atoms with van der Waals surface area (Å²) >= 11 is 0. The van der Waals surface area contributed by atoms with Crippen LogP contribution in [0.5, 0.6) is 0 Å². The summed E-state index contributed by atoms with van der Waals surface area (Å²) in [6, 6.07) is 8.56. The zero-order valence-electron chi connectivity index (χ0n) is 10.3. The van der Waals surface area contributed by atoms with E-state index in [0.717, 1.165) is 12.8 Å². The lowest BCUT2D eigenvalue weighted by Crippen LogP contribution is -2.50. The topological polar surface area (TPSA) is 73.1 Å². The first-order valence-electron chi connectivity index (χ1n) is 6.02. The highest BCUT2D eigenvalue weighted by Crippen LogP contribution is 2.39. The highest BCUT2D eigenvalue weighted by atomic mass is 16.3. The van der Waals surface area contributed by atoms with Crippen LogP contribution in [0.2, 0.25) is 0 Å². The van der Waals surface area contributed by atoms with Crippen molar-refractivity contribution in [3.05, 3.63) is 35.4 Å². The minimum absolute atomic E-state index is 0.0681. The number of nitrogens with one attached hydrogen (secondary N) is 1. The largest absolute Gasteiger partial charge is 0.394 e. The van der Waals surface area contributed by atoms with Crippen molar-refractivity contribution in [2.45, 2.75) is 25.3 Å². The van der Waals surface area contributed by atoms with Gasteiger partial charge in [0.2, 0.25) is 0 Å². The molecule has 1 unspecified atom stereocenters. The predicted molar refractivity (Wildman–Crippen MR) is 66.8 cm³/mol. The quantitative estimate of drug-likeness (QED) is 0.842. The van der Waals surface area contributed by atoms with Gasteiger partial charge in [-0.15, -0.1) is 0 Å². The Morgan fingerprint density at radius 2 is 2.33 bits per heavy atom. The number of nitriles is 1. The van der Waals surface area contributed by atoms with Crippen LogP contribution >= 0.6 is 0 Å². The average Bonchev–Trinajstić information content (AvgIpc) is 3.23. The second-order valence-corrected chi connectivity index (χ2v) is 5.00. The molecule has 18 heavy (non-hydrogen) atoms. The van der Waals surface area contributed by atoms with E-state index in [2.05, 4.69) is 5.32 Å². The van der Waals surface area contributed by atoms with Crippen molar-refractivity contribution < 1.29 is 9.90 Å². The number of benzene rings is 1. The van der Waals surface area contributed by atoms with E-state index in [4.69, 9.17) is 5.26 Å². The van der Waals surface area contributed by atoms with Gasteiger partial charge < -0.3 is 10.4 Å². The van der Waals surface area contributed by atoms with Gasteiger partial charge in [0.05, 0.1) is 23.8 Å². The lowest BCUT2D eigenvalue weighted by atomic mass is 9.96. The third kappa shape index (κ3) is 2.52. The van der Waals surface area contributed by atoms with E-state index < -0.39 is 5.54 Å². The van der Waals surface area contributed by atoms with Gasteiger partial charge in [-0.1, -0.05) is 6.07 Å². The van der Waals surface area contributed by atoms with Crippen molar-refractivity contribution in [1.29, 1.82) is 5.26 Å². The predicted octanol–water partition coefficient (Wildman–Crippen LogP) is 1.45. The van der Waals surface area contributed by atoms with Crippen LogP contribution in [0, 0.1) is 17.2 Å². The Hall–Kier alpha value is -1.86. The first-order chi connectivity index (χ1) is 8.59. The summed E-state index contributed by atoms with van der Waals surface area (Å²) in [6.45, 7) is 1.79. The van der Waals surface area contributed by atoms with Crippen LogP contribution in [0.3, 0.4) is 0 Å². The molecule has 1 aliphatic carbocycles. The zero-order valence-corrected chi connectivity index (χ0v) is 10.3. The van der Waals surface area contributed by atoms with Crippen LogP contribution in [-0.4, -0.2) is 23.2 Å². The molecule has 1 fully saturated rings. The minimum atomic E-state index is -0.556. The SMILES string of the molecule is CC(CO)(NC(=O)c1cccc(C#N)c1)C1CC1. The molecule has 94 valence electrons. The molecular formula is C14H16N2O2. The van der Waals surface area contributed by atoms with Crippen molar-refractivity contribution in [2.75, 3.05) is 6.61 Å². The zero-order chi connectivity index (χ0) is 13.2. The van der Waals surface area contributed by atoms with Crippen LogP contribution in [0.25, 0.3) is 0 Å². The fourth-order valence-electron chi connectivity index (χ4n) is 2.05. The Morgan fingerprint density at radius 3 is 2.89 bits per heavy atom. The van der Waals surface area contributed by atoms with E-state index >= 15 is 0 Å². The maximum absolute atomic E-state index is 12.1. The number of aliphatic hydroxyl groups is 1. The van der Waals surface area contributed by atoms with Crippen molar-refractivity contribution >= 4 is 5.91 Å². The van der Waals surface area contributed by atoms with E-state index in [-0.39, 0.29) is 12.5 Å². The molecular weight excluding hydrogens is 228 g/mol. The first kappa shape index (κ1) is 12.6. The Kier molecular flexibility index (Phi) is 3.35. The van der Waals surface area contributed by atoms with Crippen molar-refractivity contribution in [1.82, 2.24) is 5.32 Å². The summed E-state index contributed by atoms with van der Waals surface area (Å²) in [5.41, 5.74) is 0.355. The van der Waals surface area contributed by atoms with Crippen LogP contribution in [0.15, 0.2) is 24.3 Å². The first-order valence-corrected chi connectivity index (χ1v) is 6.02. The van der Waals surface area contributed by atoms with Gasteiger partial charge in [0.1, 0.15) is 0 Å². The van der Waals surface area contributed by atoms with Crippen LogP contribution in [0.4, 0.5) is 0 Å². The third-order valence-corrected chi connectivity index (χ3v) is 3.46. The summed E-state index contributed by atoms with van der Waals surface area (Å²) in [5, 5.41) is 21.1. The van der Waals surface area contributed by atoms with E-state index in [1.165, 1.54) is 0 Å². The van der Waals surface area contributed by atoms with Gasteiger partial charge in [0, 0.05) is 5.56 Å². The standard InChI is InChI=1S/C14H16N2O2/c1-14(9-17,12-5-6-12)16-13(18)11-4-2-3-10(7-11)8-15/h2-4,7,12,17H,5-6,9H2,1H3,(H,16,18). The summed E-state index contributed by atoms with van der Waals surface area (Å²) in [7, 11) is 0. The summed E-state index contributed by atoms with van der Waals surface area (Å²) in [4.78, 5) is 12.1. The smallest absolute Gasteiger partial charge is 0.251 e. The molecule has 0 aliphatic heterocycles. The van der Waals surface area contributed by atoms with Gasteiger partial charge in [-0.25, -0.2) is 0 Å². The molecule has 0 spiro atoms. The van der Waals surface area contributed by atoms with E-state index in [1.807, 2.05) is 13.0 Å². The van der Waals surface area contributed by atoms with Crippen LogP contribution in [-0.2, 0) is 0 Å². The Balaban J connectivity index is 2.14. The number of hydrogen-bond donors (Lipinski definition) is 2. The fourth-order valence-corrected chi connectivity index (χ4v) is 2.05. The van der Waals surface area contributed by atoms with Gasteiger partial charge in [-0.05, 0) is 43.9 Å². The van der Waals surface area contributed by atoms with E-state index in [0.29, 0.717) is 17.0 Å². The molecule has 1 saturated carbocycles. The molecule has 2 N–H and O–H groups in total. The van der Waals surface area contributed by atoms with Crippen LogP contribution in [0.1, 0.15) is 35.7 Å². The molecule has 4 nitrogen and oxygen atoms in total. The van der Waals surface area contributed by atoms with Crippen molar-refractivity contribution in [2.24, 2.45) is 5.92 Å². The normalized spacial score (nSPS) is 17.6. The Labute approximate surface area is 106 Å². The maximum Gasteiger partial charge on any atom is 0.251 e. The molecule has 1 amide bonds. The lowest BCUT2D eigenvalue weighted by molar-refractivity contribution is 0.0824. The molecule has 4 heteroatoms. The highest BCUT2D eigenvalue weighted by Gasteiger charge is 2.42. The van der Waals surface area contributed by atoms with Gasteiger partial charge in [0.25, 0.3) is 5.91 Å². The van der Waals surface area contributed by atoms with Gasteiger partial charge in [-0.2, -0.15) is 5.26 Å².